The van der Waals surface area contributed by atoms with E-state index >= 15 is 0 Å². The molecule has 1 aromatic heterocycles. The maximum Gasteiger partial charge on any atom is 0.122 e. The number of thiazole rings is 1. The van der Waals surface area contributed by atoms with Crippen molar-refractivity contribution in [2.75, 3.05) is 13.7 Å². The Morgan fingerprint density at radius 3 is 2.88 bits per heavy atom. The van der Waals surface area contributed by atoms with Gasteiger partial charge in [0.25, 0.3) is 0 Å². The van der Waals surface area contributed by atoms with Gasteiger partial charge in [0.2, 0.25) is 0 Å². The lowest BCUT2D eigenvalue weighted by Crippen LogP contribution is -2.18. The lowest BCUT2D eigenvalue weighted by molar-refractivity contribution is 0.0844. The summed E-state index contributed by atoms with van der Waals surface area (Å²) >= 11 is 1.79. The SMILES string of the molecule is COC(c1ncc(CNCC(C)C)s1)C1CC1. The zero-order chi connectivity index (χ0) is 12.3. The Morgan fingerprint density at radius 2 is 2.29 bits per heavy atom. The van der Waals surface area contributed by atoms with Crippen molar-refractivity contribution in [1.29, 1.82) is 0 Å². The Bertz CT molecular complexity index is 347. The third-order valence-electron chi connectivity index (χ3n) is 2.97. The summed E-state index contributed by atoms with van der Waals surface area (Å²) in [7, 11) is 1.79. The first kappa shape index (κ1) is 13.0. The van der Waals surface area contributed by atoms with Gasteiger partial charge in [0.05, 0.1) is 0 Å². The summed E-state index contributed by atoms with van der Waals surface area (Å²) in [5.41, 5.74) is 0. The molecule has 1 heterocycles. The minimum atomic E-state index is 0.235. The van der Waals surface area contributed by atoms with Crippen LogP contribution >= 0.6 is 11.3 Å². The molecule has 1 fully saturated rings. The van der Waals surface area contributed by atoms with Crippen LogP contribution < -0.4 is 5.32 Å². The van der Waals surface area contributed by atoms with Gasteiger partial charge >= 0.3 is 0 Å². The van der Waals surface area contributed by atoms with Crippen molar-refractivity contribution in [1.82, 2.24) is 10.3 Å². The first-order valence-corrected chi connectivity index (χ1v) is 7.20. The molecule has 0 amide bonds. The summed E-state index contributed by atoms with van der Waals surface area (Å²) in [6.45, 7) is 6.43. The normalized spacial score (nSPS) is 17.6. The van der Waals surface area contributed by atoms with Crippen LogP contribution in [-0.4, -0.2) is 18.6 Å². The van der Waals surface area contributed by atoms with Gasteiger partial charge in [-0.15, -0.1) is 11.3 Å². The lowest BCUT2D eigenvalue weighted by Gasteiger charge is -2.10. The molecule has 2 rings (SSSR count). The number of rotatable bonds is 7. The molecule has 0 radical (unpaired) electrons. The Morgan fingerprint density at radius 1 is 1.53 bits per heavy atom. The predicted octanol–water partition coefficient (Wildman–Crippen LogP) is 2.99. The molecule has 0 bridgehead atoms. The molecule has 96 valence electrons. The number of ether oxygens (including phenoxy) is 1. The van der Waals surface area contributed by atoms with Gasteiger partial charge in [-0.05, 0) is 31.2 Å². The standard InChI is InChI=1S/C13H22N2OS/c1-9(2)6-14-7-11-8-15-13(17-11)12(16-3)10-4-5-10/h8-10,12,14H,4-7H2,1-3H3. The Labute approximate surface area is 108 Å². The average molecular weight is 254 g/mol. The second kappa shape index (κ2) is 5.94. The second-order valence-corrected chi connectivity index (χ2v) is 6.33. The van der Waals surface area contributed by atoms with Crippen LogP contribution in [0.25, 0.3) is 0 Å². The second-order valence-electron chi connectivity index (χ2n) is 5.18. The zero-order valence-corrected chi connectivity index (χ0v) is 11.7. The van der Waals surface area contributed by atoms with Gasteiger partial charge in [0.15, 0.2) is 0 Å². The fraction of sp³-hybridized carbons (Fsp3) is 0.769. The van der Waals surface area contributed by atoms with Crippen molar-refractivity contribution in [3.05, 3.63) is 16.1 Å². The predicted molar refractivity (Wildman–Crippen MR) is 71.1 cm³/mol. The number of aromatic nitrogens is 1. The average Bonchev–Trinajstić information content (AvgIpc) is 3.00. The molecule has 1 aliphatic rings. The quantitative estimate of drug-likeness (QED) is 0.812. The van der Waals surface area contributed by atoms with Gasteiger partial charge in [0.1, 0.15) is 11.1 Å². The van der Waals surface area contributed by atoms with E-state index in [1.165, 1.54) is 17.7 Å². The third kappa shape index (κ3) is 3.76. The van der Waals surface area contributed by atoms with Crippen molar-refractivity contribution in [3.8, 4) is 0 Å². The van der Waals surface area contributed by atoms with Crippen LogP contribution in [0.3, 0.4) is 0 Å². The number of hydrogen-bond acceptors (Lipinski definition) is 4. The number of methoxy groups -OCH3 is 1. The van der Waals surface area contributed by atoms with Crippen LogP contribution in [0.1, 0.15) is 42.7 Å². The van der Waals surface area contributed by atoms with E-state index in [1.54, 1.807) is 18.4 Å². The first-order valence-electron chi connectivity index (χ1n) is 6.38. The van der Waals surface area contributed by atoms with Gasteiger partial charge < -0.3 is 10.1 Å². The van der Waals surface area contributed by atoms with E-state index < -0.39 is 0 Å². The highest BCUT2D eigenvalue weighted by molar-refractivity contribution is 7.11. The van der Waals surface area contributed by atoms with Crippen molar-refractivity contribution in [2.24, 2.45) is 11.8 Å². The van der Waals surface area contributed by atoms with Crippen molar-refractivity contribution < 1.29 is 4.74 Å². The van der Waals surface area contributed by atoms with Gasteiger partial charge in [-0.25, -0.2) is 4.98 Å². The van der Waals surface area contributed by atoms with Gasteiger partial charge in [-0.2, -0.15) is 0 Å². The fourth-order valence-electron chi connectivity index (χ4n) is 1.91. The minimum Gasteiger partial charge on any atom is -0.374 e. The number of nitrogens with zero attached hydrogens (tertiary/aromatic N) is 1. The first-order chi connectivity index (χ1) is 8.20. The van der Waals surface area contributed by atoms with E-state index in [1.807, 2.05) is 6.20 Å². The highest BCUT2D eigenvalue weighted by atomic mass is 32.1. The van der Waals surface area contributed by atoms with E-state index in [0.717, 1.165) is 18.1 Å². The van der Waals surface area contributed by atoms with Crippen molar-refractivity contribution in [2.45, 2.75) is 39.3 Å². The largest absolute Gasteiger partial charge is 0.374 e. The molecule has 1 aliphatic carbocycles. The van der Waals surface area contributed by atoms with Gasteiger partial charge in [-0.3, -0.25) is 0 Å². The summed E-state index contributed by atoms with van der Waals surface area (Å²) in [6.07, 6.45) is 4.80. The van der Waals surface area contributed by atoms with E-state index in [2.05, 4.69) is 24.1 Å². The fourth-order valence-corrected chi connectivity index (χ4v) is 2.97. The molecule has 0 aromatic carbocycles. The smallest absolute Gasteiger partial charge is 0.122 e. The molecule has 4 heteroatoms. The zero-order valence-electron chi connectivity index (χ0n) is 10.9. The van der Waals surface area contributed by atoms with E-state index in [4.69, 9.17) is 4.74 Å². The van der Waals surface area contributed by atoms with Crippen LogP contribution in [0.15, 0.2) is 6.20 Å². The van der Waals surface area contributed by atoms with Crippen LogP contribution in [0.2, 0.25) is 0 Å². The van der Waals surface area contributed by atoms with Crippen LogP contribution in [0.5, 0.6) is 0 Å². The molecule has 1 unspecified atom stereocenters. The maximum absolute atomic E-state index is 5.54. The van der Waals surface area contributed by atoms with E-state index in [-0.39, 0.29) is 6.10 Å². The highest BCUT2D eigenvalue weighted by Gasteiger charge is 2.34. The molecule has 1 atom stereocenters. The molecule has 0 aliphatic heterocycles. The van der Waals surface area contributed by atoms with Crippen LogP contribution in [-0.2, 0) is 11.3 Å². The van der Waals surface area contributed by atoms with Gasteiger partial charge in [0, 0.05) is 24.7 Å². The lowest BCUT2D eigenvalue weighted by atomic mass is 10.2. The molecule has 17 heavy (non-hydrogen) atoms. The summed E-state index contributed by atoms with van der Waals surface area (Å²) < 4.78 is 5.54. The minimum absolute atomic E-state index is 0.235. The molecule has 1 N–H and O–H groups in total. The number of hydrogen-bond donors (Lipinski definition) is 1. The molecule has 1 aromatic rings. The molecule has 0 saturated heterocycles. The molecule has 1 saturated carbocycles. The van der Waals surface area contributed by atoms with Gasteiger partial charge in [-0.1, -0.05) is 13.8 Å². The maximum atomic E-state index is 5.54. The van der Waals surface area contributed by atoms with Crippen molar-refractivity contribution in [3.63, 3.8) is 0 Å². The summed E-state index contributed by atoms with van der Waals surface area (Å²) in [4.78, 5) is 5.81. The Hall–Kier alpha value is -0.450. The molecule has 3 nitrogen and oxygen atoms in total. The summed E-state index contributed by atoms with van der Waals surface area (Å²) in [5, 5.41) is 4.60. The Kier molecular flexibility index (Phi) is 4.54. The van der Waals surface area contributed by atoms with E-state index in [0.29, 0.717) is 11.8 Å². The van der Waals surface area contributed by atoms with E-state index in [9.17, 15) is 0 Å². The monoisotopic (exact) mass is 254 g/mol. The third-order valence-corrected chi connectivity index (χ3v) is 4.03. The molecule has 0 spiro atoms. The molecular formula is C13H22N2OS. The number of nitrogens with one attached hydrogen (secondary N) is 1. The topological polar surface area (TPSA) is 34.1 Å². The summed E-state index contributed by atoms with van der Waals surface area (Å²) in [5.74, 6) is 1.41. The Balaban J connectivity index is 1.86. The van der Waals surface area contributed by atoms with Crippen LogP contribution in [0, 0.1) is 11.8 Å². The summed E-state index contributed by atoms with van der Waals surface area (Å²) in [6, 6.07) is 0. The van der Waals surface area contributed by atoms with Crippen molar-refractivity contribution >= 4 is 11.3 Å². The van der Waals surface area contributed by atoms with Crippen LogP contribution in [0.4, 0.5) is 0 Å². The molecular weight excluding hydrogens is 232 g/mol. The highest BCUT2D eigenvalue weighted by Crippen LogP contribution is 2.43.